The number of guanidine groups is 4. The minimum Gasteiger partial charge on any atom is -0.403 e. The Kier molecular flexibility index (Phi) is 18.2. The summed E-state index contributed by atoms with van der Waals surface area (Å²) in [7, 11) is -6.02. The Balaban J connectivity index is 0.629. The molecule has 8 aliphatic rings. The molecule has 2 saturated heterocycles. The summed E-state index contributed by atoms with van der Waals surface area (Å²) in [6.45, 7) is 16.6. The Morgan fingerprint density at radius 1 is 0.595 bits per heavy atom. The number of rotatable bonds is 20. The third-order valence-electron chi connectivity index (χ3n) is 16.4. The van der Waals surface area contributed by atoms with Crippen LogP contribution in [0.2, 0.25) is 5.04 Å². The maximum atomic E-state index is 11.5. The van der Waals surface area contributed by atoms with Crippen LogP contribution in [-0.2, 0) is 18.7 Å². The van der Waals surface area contributed by atoms with Gasteiger partial charge in [0.1, 0.15) is 30.8 Å². The van der Waals surface area contributed by atoms with E-state index < -0.39 is 18.4 Å². The smallest absolute Gasteiger partial charge is 0.403 e. The minimum absolute atomic E-state index is 0.0286. The minimum atomic E-state index is -3.44. The number of thioether (sulfide) groups is 3. The summed E-state index contributed by atoms with van der Waals surface area (Å²) in [6, 6.07) is 25.1. The van der Waals surface area contributed by atoms with Crippen LogP contribution in [0.4, 0.5) is 0 Å². The number of hydrogen-bond donors (Lipinski definition) is 6. The SMILES string of the molecule is CC(C)(C)[Si](OC[C@H]1CC[N+]2=C(N1)[NH2+][C@@H](CSC[C@H]1CCN3CC[C@H](CSC[C@H]4CCN5CC[C@H](CSC[C@H]6CC[N+]7=C(N[C@@H](COS(C)(=O)=O)CC7)[NH2+]6)NC5=N4)N=C3N1)CC2)(c1ccccc1)c1ccccc1. The Hall–Kier alpha value is -3.02. The molecular formula is C53H86N12O4S4Si+4. The van der Waals surface area contributed by atoms with Crippen LogP contribution >= 0.6 is 35.3 Å². The van der Waals surface area contributed by atoms with Gasteiger partial charge in [0, 0.05) is 98.5 Å². The molecule has 10 rings (SSSR count). The standard InChI is InChI=1S/C53H82N12O4S4Si/c1-53(2,3)74(47-11-7-5-8-12-47,48-13-9-6-10-14-48)69-32-40-16-24-63-26-18-42(57-50(63)55-40)34-71-36-44-20-28-65-30-22-46(61-52(65)59-44)38-72-37-45-21-29-64-27-19-43(58-51(64)60-45)35-70-33-41-17-25-62-23-15-39(54-49(62)56-41)31-68-73(4,66)67/h5-14,39-46H,15-38H2,1-4H3,(H4,54,55,56,57,58,59,60,61)/p+4/t39-,40-,41-,42-,43-,44-,45-,46-/m1/s1. The lowest BCUT2D eigenvalue weighted by Crippen LogP contribution is -3.00. The van der Waals surface area contributed by atoms with Gasteiger partial charge < -0.3 is 24.9 Å². The molecule has 0 amide bonds. The van der Waals surface area contributed by atoms with Crippen molar-refractivity contribution < 1.29 is 36.8 Å². The van der Waals surface area contributed by atoms with Crippen LogP contribution in [0.5, 0.6) is 0 Å². The number of hydrogen-bond acceptors (Lipinski definition) is 15. The first-order valence-electron chi connectivity index (χ1n) is 27.8. The summed E-state index contributed by atoms with van der Waals surface area (Å²) in [5.41, 5.74) is 0. The molecule has 16 nitrogen and oxygen atoms in total. The number of fused-ring (bicyclic) bond motifs is 2. The van der Waals surface area contributed by atoms with Gasteiger partial charge in [0.15, 0.2) is 11.9 Å². The molecule has 8 heterocycles. The fourth-order valence-corrected chi connectivity index (χ4v) is 20.8. The molecule has 21 heteroatoms. The molecular weight excluding hydrogens is 1030 g/mol. The molecule has 2 aromatic rings. The highest BCUT2D eigenvalue weighted by Crippen LogP contribution is 2.37. The molecule has 0 saturated carbocycles. The van der Waals surface area contributed by atoms with Crippen molar-refractivity contribution in [2.24, 2.45) is 9.98 Å². The summed E-state index contributed by atoms with van der Waals surface area (Å²) < 4.78 is 40.5. The molecule has 74 heavy (non-hydrogen) atoms. The van der Waals surface area contributed by atoms with Crippen LogP contribution in [0.3, 0.4) is 0 Å². The normalized spacial score (nSPS) is 28.5. The second-order valence-electron chi connectivity index (χ2n) is 23.0. The second kappa shape index (κ2) is 24.8. The van der Waals surface area contributed by atoms with Crippen molar-refractivity contribution in [2.75, 3.05) is 106 Å². The number of nitrogens with two attached hydrogens (primary N) is 2. The van der Waals surface area contributed by atoms with Crippen LogP contribution in [0, 0.1) is 0 Å². The Morgan fingerprint density at radius 3 is 1.51 bits per heavy atom. The maximum absolute atomic E-state index is 11.5. The molecule has 8 N–H and O–H groups in total. The van der Waals surface area contributed by atoms with Crippen molar-refractivity contribution in [3.05, 3.63) is 60.7 Å². The van der Waals surface area contributed by atoms with Crippen LogP contribution in [-0.4, -0.2) is 214 Å². The molecule has 406 valence electrons. The number of quaternary nitrogens is 2. The molecule has 8 aliphatic heterocycles. The summed E-state index contributed by atoms with van der Waals surface area (Å²) in [6.07, 6.45) is 10.1. The highest BCUT2D eigenvalue weighted by Gasteiger charge is 2.51. The van der Waals surface area contributed by atoms with E-state index in [2.05, 4.69) is 144 Å². The predicted molar refractivity (Wildman–Crippen MR) is 308 cm³/mol. The van der Waals surface area contributed by atoms with Gasteiger partial charge in [-0.1, -0.05) is 81.4 Å². The first-order valence-corrected chi connectivity index (χ1v) is 35.0. The van der Waals surface area contributed by atoms with Crippen LogP contribution in [0.1, 0.15) is 72.1 Å². The molecule has 0 radical (unpaired) electrons. The van der Waals surface area contributed by atoms with Gasteiger partial charge in [0.05, 0.1) is 51.1 Å². The van der Waals surface area contributed by atoms with E-state index in [4.69, 9.17) is 18.6 Å². The van der Waals surface area contributed by atoms with Crippen molar-refractivity contribution in [3.8, 4) is 0 Å². The Morgan fingerprint density at radius 2 is 1.04 bits per heavy atom. The van der Waals surface area contributed by atoms with Crippen molar-refractivity contribution >= 4 is 87.9 Å². The molecule has 0 unspecified atom stereocenters. The van der Waals surface area contributed by atoms with Crippen LogP contribution < -0.4 is 42.3 Å². The number of nitrogens with one attached hydrogen (secondary N) is 4. The lowest BCUT2D eigenvalue weighted by molar-refractivity contribution is -0.691. The van der Waals surface area contributed by atoms with E-state index >= 15 is 0 Å². The summed E-state index contributed by atoms with van der Waals surface area (Å²) in [5, 5.41) is 22.8. The van der Waals surface area contributed by atoms with E-state index in [0.717, 1.165) is 150 Å². The van der Waals surface area contributed by atoms with Gasteiger partial charge in [-0.3, -0.25) is 4.18 Å². The van der Waals surface area contributed by atoms with Gasteiger partial charge in [-0.15, -0.1) is 0 Å². The topological polar surface area (TPSA) is 171 Å². The van der Waals surface area contributed by atoms with Gasteiger partial charge >= 0.3 is 11.9 Å². The van der Waals surface area contributed by atoms with Crippen molar-refractivity contribution in [1.29, 1.82) is 0 Å². The summed E-state index contributed by atoms with van der Waals surface area (Å²) in [4.78, 5) is 15.5. The summed E-state index contributed by atoms with van der Waals surface area (Å²) in [5.74, 6) is 11.3. The monoisotopic (exact) mass is 1110 g/mol. The largest absolute Gasteiger partial charge is 0.441 e. The van der Waals surface area contributed by atoms with E-state index in [1.54, 1.807) is 0 Å². The quantitative estimate of drug-likeness (QED) is 0.0615. The zero-order chi connectivity index (χ0) is 51.1. The average Bonchev–Trinajstić information content (AvgIpc) is 3.40. The molecule has 8 atom stereocenters. The highest BCUT2D eigenvalue weighted by atomic mass is 32.2. The number of aliphatic imine (C=N–C) groups is 2. The molecule has 0 aliphatic carbocycles. The number of nitrogens with zero attached hydrogens (tertiary/aromatic N) is 6. The Bertz CT molecular complexity index is 2410. The van der Waals surface area contributed by atoms with E-state index in [1.807, 2.05) is 23.5 Å². The molecule has 0 spiro atoms. The van der Waals surface area contributed by atoms with Gasteiger partial charge in [0.2, 0.25) is 0 Å². The highest BCUT2D eigenvalue weighted by molar-refractivity contribution is 7.99. The summed E-state index contributed by atoms with van der Waals surface area (Å²) >= 11 is 6.21. The van der Waals surface area contributed by atoms with Crippen molar-refractivity contribution in [2.45, 2.75) is 126 Å². The van der Waals surface area contributed by atoms with Gasteiger partial charge in [0.25, 0.3) is 18.4 Å². The fourth-order valence-electron chi connectivity index (χ4n) is 12.2. The van der Waals surface area contributed by atoms with Crippen molar-refractivity contribution in [1.82, 2.24) is 31.1 Å². The van der Waals surface area contributed by atoms with Gasteiger partial charge in [-0.2, -0.15) is 43.7 Å². The average molecular weight is 1110 g/mol. The zero-order valence-corrected chi connectivity index (χ0v) is 48.7. The van der Waals surface area contributed by atoms with Crippen LogP contribution in [0.15, 0.2) is 70.6 Å². The third-order valence-corrected chi connectivity index (χ3v) is 25.8. The second-order valence-corrected chi connectivity index (χ2v) is 32.2. The third kappa shape index (κ3) is 13.8. The van der Waals surface area contributed by atoms with Gasteiger partial charge in [-0.05, 0) is 41.1 Å². The van der Waals surface area contributed by atoms with E-state index in [9.17, 15) is 8.42 Å². The Labute approximate surface area is 455 Å². The van der Waals surface area contributed by atoms with Crippen LogP contribution in [0.25, 0.3) is 0 Å². The van der Waals surface area contributed by atoms with E-state index in [-0.39, 0.29) is 17.7 Å². The first kappa shape index (κ1) is 54.3. The van der Waals surface area contributed by atoms with Gasteiger partial charge in [-0.25, -0.2) is 40.4 Å². The fraction of sp³-hybridized carbons (Fsp3) is 0.698. The van der Waals surface area contributed by atoms with Crippen molar-refractivity contribution in [3.63, 3.8) is 0 Å². The zero-order valence-electron chi connectivity index (χ0n) is 44.5. The number of benzene rings is 2. The lowest BCUT2D eigenvalue weighted by atomic mass is 10.1. The lowest BCUT2D eigenvalue weighted by Gasteiger charge is -2.43. The van der Waals surface area contributed by atoms with E-state index in [0.29, 0.717) is 48.9 Å². The molecule has 0 aromatic heterocycles. The molecule has 2 fully saturated rings. The predicted octanol–water partition coefficient (Wildman–Crippen LogP) is 0.455. The maximum Gasteiger partial charge on any atom is 0.441 e. The van der Waals surface area contributed by atoms with E-state index in [1.165, 1.54) is 29.2 Å². The molecule has 2 aromatic carbocycles. The first-order chi connectivity index (χ1) is 35.8. The molecule has 0 bridgehead atoms.